The molecule has 1 amide bonds. The van der Waals surface area contributed by atoms with E-state index in [-0.39, 0.29) is 12.5 Å². The number of hydrogen-bond donors (Lipinski definition) is 4. The maximum Gasteiger partial charge on any atom is 0.220 e. The number of nitrogens with zero attached hydrogens (tertiary/aromatic N) is 4. The Bertz CT molecular complexity index is 1120. The number of benzene rings is 1. The molecule has 5 rings (SSSR count). The molecule has 2 bridgehead atoms. The van der Waals surface area contributed by atoms with E-state index in [4.69, 9.17) is 10.5 Å². The third-order valence-corrected chi connectivity index (χ3v) is 6.31. The van der Waals surface area contributed by atoms with Crippen molar-refractivity contribution in [2.45, 2.75) is 36.9 Å². The van der Waals surface area contributed by atoms with Gasteiger partial charge in [0.25, 0.3) is 0 Å². The molecule has 4 heterocycles. The molecule has 3 aromatic rings. The zero-order valence-electron chi connectivity index (χ0n) is 15.8. The van der Waals surface area contributed by atoms with Crippen LogP contribution >= 0.6 is 22.6 Å². The number of hydrogen-bond acceptors (Lipinski definition) is 8. The number of aromatic nitrogens is 4. The number of imidazole rings is 1. The molecule has 0 spiro atoms. The lowest BCUT2D eigenvalue weighted by Crippen LogP contribution is -2.46. The predicted molar refractivity (Wildman–Crippen MR) is 116 cm³/mol. The topological polar surface area (TPSA) is 140 Å². The number of carbonyl (C=O) groups excluding carboxylic acids is 1. The third-order valence-electron chi connectivity index (χ3n) is 5.63. The van der Waals surface area contributed by atoms with E-state index in [1.807, 2.05) is 18.2 Å². The summed E-state index contributed by atoms with van der Waals surface area (Å²) in [5.74, 6) is 0.0955. The van der Waals surface area contributed by atoms with E-state index >= 15 is 0 Å². The largest absolute Gasteiger partial charge is 0.388 e. The molecule has 0 saturated carbocycles. The van der Waals surface area contributed by atoms with Crippen molar-refractivity contribution >= 4 is 45.5 Å². The van der Waals surface area contributed by atoms with E-state index < -0.39 is 23.8 Å². The standard InChI is InChI=1S/C19H20IN7O3/c20-11-3-1-2-10(4-11)6-22-16-14-17(25-8-24-16)27(9-26-14)18-13-15(29)19(30-18,7-23-13)5-12(21)28/h1-4,8-9,13,15,18,23,29H,5-7H2,(H2,21,28)(H,22,24,25)/t13-,15+,18+,19-/m0/s1. The van der Waals surface area contributed by atoms with Gasteiger partial charge in [-0.1, -0.05) is 12.1 Å². The molecule has 30 heavy (non-hydrogen) atoms. The van der Waals surface area contributed by atoms with Gasteiger partial charge in [-0.05, 0) is 40.3 Å². The van der Waals surface area contributed by atoms with E-state index in [0.29, 0.717) is 30.1 Å². The minimum atomic E-state index is -1.03. The summed E-state index contributed by atoms with van der Waals surface area (Å²) in [4.78, 5) is 24.7. The number of primary amides is 1. The monoisotopic (exact) mass is 521 g/mol. The molecule has 2 aliphatic rings. The molecule has 2 saturated heterocycles. The van der Waals surface area contributed by atoms with Gasteiger partial charge in [0.15, 0.2) is 23.2 Å². The third kappa shape index (κ3) is 3.21. The molecule has 2 aliphatic heterocycles. The minimum Gasteiger partial charge on any atom is -0.388 e. The Morgan fingerprint density at radius 3 is 3.10 bits per heavy atom. The van der Waals surface area contributed by atoms with Crippen molar-refractivity contribution in [1.29, 1.82) is 0 Å². The molecule has 2 fully saturated rings. The Hall–Kier alpha value is -2.35. The van der Waals surface area contributed by atoms with Gasteiger partial charge in [0.2, 0.25) is 5.91 Å². The van der Waals surface area contributed by atoms with Crippen LogP contribution in [0.5, 0.6) is 0 Å². The number of rotatable bonds is 6. The van der Waals surface area contributed by atoms with Crippen molar-refractivity contribution in [3.8, 4) is 0 Å². The average molecular weight is 521 g/mol. The van der Waals surface area contributed by atoms with Crippen LogP contribution in [0.2, 0.25) is 0 Å². The van der Waals surface area contributed by atoms with Crippen LogP contribution in [0.1, 0.15) is 18.2 Å². The van der Waals surface area contributed by atoms with Gasteiger partial charge >= 0.3 is 0 Å². The lowest BCUT2D eigenvalue weighted by molar-refractivity contribution is -0.137. The normalized spacial score (nSPS) is 27.6. The number of anilines is 1. The van der Waals surface area contributed by atoms with Gasteiger partial charge < -0.3 is 26.2 Å². The van der Waals surface area contributed by atoms with Crippen LogP contribution in [-0.4, -0.2) is 54.8 Å². The first-order chi connectivity index (χ1) is 14.5. The van der Waals surface area contributed by atoms with Gasteiger partial charge in [0.1, 0.15) is 18.0 Å². The first-order valence-electron chi connectivity index (χ1n) is 9.50. The molecular formula is C19H20IN7O3. The van der Waals surface area contributed by atoms with Crippen molar-refractivity contribution in [1.82, 2.24) is 24.8 Å². The van der Waals surface area contributed by atoms with Crippen LogP contribution in [0.4, 0.5) is 5.82 Å². The number of nitrogens with two attached hydrogens (primary N) is 1. The first-order valence-corrected chi connectivity index (χ1v) is 10.6. The lowest BCUT2D eigenvalue weighted by Gasteiger charge is -2.30. The fourth-order valence-corrected chi connectivity index (χ4v) is 4.86. The number of halogens is 1. The zero-order chi connectivity index (χ0) is 20.9. The highest BCUT2D eigenvalue weighted by atomic mass is 127. The number of aliphatic hydroxyl groups excluding tert-OH is 1. The highest BCUT2D eigenvalue weighted by Gasteiger charge is 2.60. The Labute approximate surface area is 185 Å². The maximum atomic E-state index is 11.5. The average Bonchev–Trinajstić information content (AvgIpc) is 3.35. The molecule has 156 valence electrons. The summed E-state index contributed by atoms with van der Waals surface area (Å²) in [7, 11) is 0. The molecule has 0 aliphatic carbocycles. The summed E-state index contributed by atoms with van der Waals surface area (Å²) in [6.45, 7) is 0.961. The molecule has 0 unspecified atom stereocenters. The number of amides is 1. The van der Waals surface area contributed by atoms with Crippen LogP contribution < -0.4 is 16.4 Å². The first kappa shape index (κ1) is 19.6. The van der Waals surface area contributed by atoms with Gasteiger partial charge in [-0.15, -0.1) is 0 Å². The summed E-state index contributed by atoms with van der Waals surface area (Å²) in [5.41, 5.74) is 6.66. The molecular weight excluding hydrogens is 501 g/mol. The maximum absolute atomic E-state index is 11.5. The highest BCUT2D eigenvalue weighted by molar-refractivity contribution is 14.1. The Morgan fingerprint density at radius 1 is 1.43 bits per heavy atom. The molecule has 11 heteroatoms. The molecule has 2 aromatic heterocycles. The number of ether oxygens (including phenoxy) is 1. The Balaban J connectivity index is 1.42. The van der Waals surface area contributed by atoms with E-state index in [9.17, 15) is 9.90 Å². The smallest absolute Gasteiger partial charge is 0.220 e. The second-order valence-corrected chi connectivity index (χ2v) is 8.84. The summed E-state index contributed by atoms with van der Waals surface area (Å²) in [5, 5.41) is 17.2. The van der Waals surface area contributed by atoms with Crippen LogP contribution in [-0.2, 0) is 16.1 Å². The van der Waals surface area contributed by atoms with Crippen molar-refractivity contribution in [2.75, 3.05) is 11.9 Å². The van der Waals surface area contributed by atoms with Crippen molar-refractivity contribution in [3.05, 3.63) is 46.1 Å². The minimum absolute atomic E-state index is 0.0571. The summed E-state index contributed by atoms with van der Waals surface area (Å²) >= 11 is 2.28. The number of carbonyl (C=O) groups is 1. The second kappa shape index (κ2) is 7.41. The summed E-state index contributed by atoms with van der Waals surface area (Å²) < 4.78 is 9.05. The predicted octanol–water partition coefficient (Wildman–Crippen LogP) is 0.519. The molecule has 1 aromatic carbocycles. The quantitative estimate of drug-likeness (QED) is 0.345. The lowest BCUT2D eigenvalue weighted by atomic mass is 9.95. The van der Waals surface area contributed by atoms with E-state index in [2.05, 4.69) is 54.2 Å². The molecule has 5 N–H and O–H groups in total. The van der Waals surface area contributed by atoms with Crippen molar-refractivity contribution in [3.63, 3.8) is 0 Å². The van der Waals surface area contributed by atoms with Crippen molar-refractivity contribution in [2.24, 2.45) is 5.73 Å². The molecule has 0 radical (unpaired) electrons. The second-order valence-electron chi connectivity index (χ2n) is 7.60. The van der Waals surface area contributed by atoms with Gasteiger partial charge in [0.05, 0.1) is 18.8 Å². The van der Waals surface area contributed by atoms with Gasteiger partial charge in [0, 0.05) is 16.7 Å². The van der Waals surface area contributed by atoms with Crippen LogP contribution in [0.15, 0.2) is 36.9 Å². The summed E-state index contributed by atoms with van der Waals surface area (Å²) in [6, 6.07) is 7.80. The summed E-state index contributed by atoms with van der Waals surface area (Å²) in [6.07, 6.45) is 1.61. The van der Waals surface area contributed by atoms with Crippen LogP contribution in [0, 0.1) is 3.57 Å². The van der Waals surface area contributed by atoms with Crippen LogP contribution in [0.3, 0.4) is 0 Å². The Morgan fingerprint density at radius 2 is 2.30 bits per heavy atom. The number of nitrogens with one attached hydrogen (secondary N) is 2. The molecule has 4 atom stereocenters. The van der Waals surface area contributed by atoms with E-state index in [1.165, 1.54) is 6.33 Å². The highest BCUT2D eigenvalue weighted by Crippen LogP contribution is 2.44. The van der Waals surface area contributed by atoms with Crippen LogP contribution in [0.25, 0.3) is 11.2 Å². The zero-order valence-corrected chi connectivity index (χ0v) is 18.0. The van der Waals surface area contributed by atoms with Crippen molar-refractivity contribution < 1.29 is 14.6 Å². The number of morpholine rings is 1. The van der Waals surface area contributed by atoms with Gasteiger partial charge in [-0.25, -0.2) is 15.0 Å². The van der Waals surface area contributed by atoms with E-state index in [0.717, 1.165) is 9.13 Å². The SMILES string of the molecule is NC(=O)C[C@@]12CN[C@H]([C@H](n3cnc4c(NCc5cccc(I)c5)ncnc43)O1)[C@H]2O. The number of aliphatic hydroxyl groups is 1. The fourth-order valence-electron chi connectivity index (χ4n) is 4.25. The van der Waals surface area contributed by atoms with Gasteiger partial charge in [-0.3, -0.25) is 9.36 Å². The number of fused-ring (bicyclic) bond motifs is 3. The van der Waals surface area contributed by atoms with E-state index in [1.54, 1.807) is 10.9 Å². The molecule has 10 nitrogen and oxygen atoms in total. The Kier molecular flexibility index (Phi) is 4.84. The van der Waals surface area contributed by atoms with Gasteiger partial charge in [-0.2, -0.15) is 0 Å². The fraction of sp³-hybridized carbons (Fsp3) is 0.368.